The molecule has 1 aliphatic heterocycles. The number of rotatable bonds is 7. The number of hydrogen-bond acceptors (Lipinski definition) is 6. The molecule has 1 aromatic heterocycles. The number of carbonyl (C=O) groups excluding carboxylic acids is 1. The van der Waals surface area contributed by atoms with Crippen molar-refractivity contribution in [2.75, 3.05) is 17.7 Å². The molecule has 2 heterocycles. The normalized spacial score (nSPS) is 14.6. The average molecular weight is 587 g/mol. The van der Waals surface area contributed by atoms with Gasteiger partial charge in [-0.1, -0.05) is 83.0 Å². The van der Waals surface area contributed by atoms with Crippen LogP contribution in [0.3, 0.4) is 0 Å². The van der Waals surface area contributed by atoms with Gasteiger partial charge in [0.25, 0.3) is 5.91 Å². The Morgan fingerprint density at radius 1 is 1.03 bits per heavy atom. The van der Waals surface area contributed by atoms with Crippen LogP contribution in [0.2, 0.25) is 15.1 Å². The summed E-state index contributed by atoms with van der Waals surface area (Å²) in [6.45, 7) is 1.81. The van der Waals surface area contributed by atoms with Crippen LogP contribution in [0, 0.1) is 0 Å². The summed E-state index contributed by atoms with van der Waals surface area (Å²) < 4.78 is 7.06. The standard InChI is InChI=1S/C27H22Cl3N5O2S/c1-15-22(25(36)32-20-12-5-6-13-21(20)37-2)24(23-18(29)10-7-11-19(23)30)35-26(31-15)33-27(34-35)38-14-16-8-3-4-9-17(16)28/h3-13,24H,14H2,1-2H3,(H,32,36)(H,31,33,34). The number of anilines is 2. The number of allylic oxidation sites excluding steroid dienone is 1. The summed E-state index contributed by atoms with van der Waals surface area (Å²) in [5, 5.41) is 12.9. The molecular formula is C27H22Cl3N5O2S. The lowest BCUT2D eigenvalue weighted by molar-refractivity contribution is -0.113. The van der Waals surface area contributed by atoms with Gasteiger partial charge >= 0.3 is 0 Å². The number of carbonyl (C=O) groups is 1. The van der Waals surface area contributed by atoms with Gasteiger partial charge in [0.05, 0.1) is 18.4 Å². The summed E-state index contributed by atoms with van der Waals surface area (Å²) in [5.41, 5.74) is 3.05. The van der Waals surface area contributed by atoms with Crippen LogP contribution in [0.25, 0.3) is 0 Å². The van der Waals surface area contributed by atoms with E-state index in [1.165, 1.54) is 11.8 Å². The second-order valence-corrected chi connectivity index (χ2v) is 10.6. The predicted molar refractivity (Wildman–Crippen MR) is 154 cm³/mol. The minimum Gasteiger partial charge on any atom is -0.495 e. The molecule has 194 valence electrons. The molecule has 0 bridgehead atoms. The predicted octanol–water partition coefficient (Wildman–Crippen LogP) is 7.47. The molecule has 1 unspecified atom stereocenters. The molecule has 5 rings (SSSR count). The molecular weight excluding hydrogens is 565 g/mol. The minimum absolute atomic E-state index is 0.355. The van der Waals surface area contributed by atoms with Crippen molar-refractivity contribution in [1.82, 2.24) is 14.8 Å². The zero-order valence-corrected chi connectivity index (χ0v) is 23.4. The third-order valence-corrected chi connectivity index (χ3v) is 7.94. The number of aromatic nitrogens is 3. The number of benzene rings is 3. The fourth-order valence-corrected chi connectivity index (χ4v) is 5.94. The van der Waals surface area contributed by atoms with Crippen LogP contribution >= 0.6 is 46.6 Å². The van der Waals surface area contributed by atoms with Crippen molar-refractivity contribution in [2.45, 2.75) is 23.9 Å². The number of methoxy groups -OCH3 is 1. The third kappa shape index (κ3) is 5.22. The topological polar surface area (TPSA) is 81.1 Å². The van der Waals surface area contributed by atoms with Crippen molar-refractivity contribution in [3.05, 3.63) is 104 Å². The second-order valence-electron chi connectivity index (χ2n) is 8.40. The summed E-state index contributed by atoms with van der Waals surface area (Å²) >= 11 is 21.1. The van der Waals surface area contributed by atoms with Gasteiger partial charge in [0.2, 0.25) is 11.1 Å². The maximum absolute atomic E-state index is 13.8. The maximum atomic E-state index is 13.8. The van der Waals surface area contributed by atoms with E-state index < -0.39 is 6.04 Å². The van der Waals surface area contributed by atoms with Gasteiger partial charge in [-0.05, 0) is 42.8 Å². The van der Waals surface area contributed by atoms with Crippen molar-refractivity contribution < 1.29 is 9.53 Å². The lowest BCUT2D eigenvalue weighted by Crippen LogP contribution is -2.32. The number of nitrogens with zero attached hydrogens (tertiary/aromatic N) is 3. The molecule has 4 aromatic rings. The first-order chi connectivity index (χ1) is 18.4. The van der Waals surface area contributed by atoms with Crippen molar-refractivity contribution >= 4 is 64.1 Å². The summed E-state index contributed by atoms with van der Waals surface area (Å²) in [7, 11) is 1.55. The summed E-state index contributed by atoms with van der Waals surface area (Å²) in [5.74, 6) is 1.23. The number of halogens is 3. The second kappa shape index (κ2) is 11.3. The van der Waals surface area contributed by atoms with Crippen LogP contribution < -0.4 is 15.4 Å². The highest BCUT2D eigenvalue weighted by Crippen LogP contribution is 2.42. The smallest absolute Gasteiger partial charge is 0.255 e. The van der Waals surface area contributed by atoms with Crippen LogP contribution in [0.15, 0.2) is 83.2 Å². The first kappa shape index (κ1) is 26.4. The largest absolute Gasteiger partial charge is 0.495 e. The van der Waals surface area contributed by atoms with Gasteiger partial charge < -0.3 is 15.4 Å². The molecule has 0 aliphatic carbocycles. The first-order valence-electron chi connectivity index (χ1n) is 11.6. The van der Waals surface area contributed by atoms with E-state index in [-0.39, 0.29) is 5.91 Å². The SMILES string of the molecule is COc1ccccc1NC(=O)C1=C(C)Nc2nc(SCc3ccccc3Cl)nn2C1c1c(Cl)cccc1Cl. The highest BCUT2D eigenvalue weighted by molar-refractivity contribution is 7.98. The van der Waals surface area contributed by atoms with Gasteiger partial charge in [-0.25, -0.2) is 4.68 Å². The lowest BCUT2D eigenvalue weighted by atomic mass is 9.94. The Hall–Kier alpha value is -3.17. The Labute approximate surface area is 239 Å². The summed E-state index contributed by atoms with van der Waals surface area (Å²) in [4.78, 5) is 18.5. The molecule has 0 saturated heterocycles. The van der Waals surface area contributed by atoms with E-state index in [0.717, 1.165) is 5.56 Å². The van der Waals surface area contributed by atoms with Gasteiger partial charge in [-0.2, -0.15) is 4.98 Å². The Balaban J connectivity index is 1.55. The Morgan fingerprint density at radius 2 is 1.71 bits per heavy atom. The van der Waals surface area contributed by atoms with E-state index in [4.69, 9.17) is 44.6 Å². The highest BCUT2D eigenvalue weighted by atomic mass is 35.5. The quantitative estimate of drug-likeness (QED) is 0.219. The molecule has 0 fully saturated rings. The number of para-hydroxylation sites is 2. The van der Waals surface area contributed by atoms with Crippen LogP contribution in [0.5, 0.6) is 5.75 Å². The van der Waals surface area contributed by atoms with E-state index in [1.807, 2.05) is 43.3 Å². The van der Waals surface area contributed by atoms with Crippen molar-refractivity contribution in [3.8, 4) is 5.75 Å². The molecule has 0 saturated carbocycles. The summed E-state index contributed by atoms with van der Waals surface area (Å²) in [6.07, 6.45) is 0. The van der Waals surface area contributed by atoms with Gasteiger partial charge in [0.1, 0.15) is 11.8 Å². The maximum Gasteiger partial charge on any atom is 0.255 e. The Kier molecular flexibility index (Phi) is 7.85. The molecule has 0 spiro atoms. The van der Waals surface area contributed by atoms with E-state index in [1.54, 1.807) is 42.1 Å². The molecule has 3 aromatic carbocycles. The third-order valence-electron chi connectivity index (χ3n) is 6.02. The Bertz CT molecular complexity index is 1540. The molecule has 2 N–H and O–H groups in total. The molecule has 0 radical (unpaired) electrons. The monoisotopic (exact) mass is 585 g/mol. The number of ether oxygens (including phenoxy) is 1. The van der Waals surface area contributed by atoms with Crippen molar-refractivity contribution in [3.63, 3.8) is 0 Å². The zero-order valence-electron chi connectivity index (χ0n) is 20.3. The average Bonchev–Trinajstić information content (AvgIpc) is 3.30. The van der Waals surface area contributed by atoms with Gasteiger partial charge in [-0.15, -0.1) is 5.10 Å². The Morgan fingerprint density at radius 3 is 2.45 bits per heavy atom. The van der Waals surface area contributed by atoms with Crippen LogP contribution in [-0.2, 0) is 10.5 Å². The van der Waals surface area contributed by atoms with Gasteiger partial charge in [0, 0.05) is 32.1 Å². The van der Waals surface area contributed by atoms with Gasteiger partial charge in [0.15, 0.2) is 0 Å². The van der Waals surface area contributed by atoms with E-state index in [0.29, 0.717) is 60.2 Å². The number of hydrogen-bond donors (Lipinski definition) is 2. The molecule has 38 heavy (non-hydrogen) atoms. The van der Waals surface area contributed by atoms with Gasteiger partial charge in [-0.3, -0.25) is 4.79 Å². The van der Waals surface area contributed by atoms with E-state index >= 15 is 0 Å². The highest BCUT2D eigenvalue weighted by Gasteiger charge is 2.37. The fraction of sp³-hybridized carbons (Fsp3) is 0.148. The molecule has 11 heteroatoms. The summed E-state index contributed by atoms with van der Waals surface area (Å²) in [6, 6.07) is 19.3. The van der Waals surface area contributed by atoms with E-state index in [2.05, 4.69) is 15.6 Å². The molecule has 7 nitrogen and oxygen atoms in total. The van der Waals surface area contributed by atoms with Crippen molar-refractivity contribution in [2.24, 2.45) is 0 Å². The van der Waals surface area contributed by atoms with Crippen molar-refractivity contribution in [1.29, 1.82) is 0 Å². The number of fused-ring (bicyclic) bond motifs is 1. The lowest BCUT2D eigenvalue weighted by Gasteiger charge is -2.29. The number of amides is 1. The van der Waals surface area contributed by atoms with Crippen LogP contribution in [-0.4, -0.2) is 27.8 Å². The molecule has 1 aliphatic rings. The molecule has 1 atom stereocenters. The zero-order chi connectivity index (χ0) is 26.8. The fourth-order valence-electron chi connectivity index (χ4n) is 4.22. The number of nitrogens with one attached hydrogen (secondary N) is 2. The van der Waals surface area contributed by atoms with Crippen LogP contribution in [0.4, 0.5) is 11.6 Å². The first-order valence-corrected chi connectivity index (χ1v) is 13.7. The van der Waals surface area contributed by atoms with E-state index in [9.17, 15) is 4.79 Å². The van der Waals surface area contributed by atoms with Crippen LogP contribution in [0.1, 0.15) is 24.1 Å². The number of thioether (sulfide) groups is 1. The molecule has 1 amide bonds. The minimum atomic E-state index is -0.732.